The van der Waals surface area contributed by atoms with Crippen LogP contribution in [0.3, 0.4) is 0 Å². The van der Waals surface area contributed by atoms with E-state index in [0.717, 1.165) is 11.8 Å². The molecule has 2 aliphatic carbocycles. The molecule has 0 aromatic rings. The molecule has 2 saturated carbocycles. The van der Waals surface area contributed by atoms with Crippen LogP contribution in [-0.4, -0.2) is 51.1 Å². The first-order valence-corrected chi connectivity index (χ1v) is 18.3. The van der Waals surface area contributed by atoms with E-state index < -0.39 is 16.6 Å². The van der Waals surface area contributed by atoms with E-state index in [1.54, 1.807) is 0 Å². The van der Waals surface area contributed by atoms with Gasteiger partial charge in [0, 0.05) is 0 Å². The Bertz CT molecular complexity index is 471. The first-order valence-electron chi connectivity index (χ1n) is 11.2. The molecule has 0 amide bonds. The Labute approximate surface area is 170 Å². The Balaban J connectivity index is 1.10. The molecule has 154 valence electrons. The van der Waals surface area contributed by atoms with Crippen LogP contribution >= 0.6 is 0 Å². The van der Waals surface area contributed by atoms with Crippen molar-refractivity contribution in [2.75, 3.05) is 0 Å². The normalized spacial score (nSPS) is 38.2. The molecule has 4 rings (SSSR count). The Hall–Kier alpha value is 0.491. The molecule has 4 fully saturated rings. The molecule has 0 aromatic heterocycles. The molecule has 2 heterocycles. The van der Waals surface area contributed by atoms with Gasteiger partial charge in [-0.3, -0.25) is 0 Å². The monoisotopic (exact) mass is 426 g/mol. The Morgan fingerprint density at radius 1 is 0.704 bits per heavy atom. The number of ether oxygens (including phenoxy) is 2. The predicted octanol–water partition coefficient (Wildman–Crippen LogP) is 4.88. The summed E-state index contributed by atoms with van der Waals surface area (Å²) in [6.45, 7) is 9.47. The van der Waals surface area contributed by atoms with E-state index in [-0.39, 0.29) is 10.0 Å². The maximum absolute atomic E-state index is 6.34. The van der Waals surface area contributed by atoms with E-state index in [1.165, 1.54) is 63.5 Å². The molecule has 6 atom stereocenters. The van der Waals surface area contributed by atoms with Crippen molar-refractivity contribution in [2.24, 2.45) is 11.8 Å². The third kappa shape index (κ3) is 6.23. The second-order valence-electron chi connectivity index (χ2n) is 10.7. The largest absolute Gasteiger partial charge is 0.435 e. The fraction of sp³-hybridized carbons (Fsp3) is 1.00. The zero-order valence-electron chi connectivity index (χ0n) is 17.7. The minimum Gasteiger partial charge on any atom is -0.435 e. The number of hydrogen-bond acceptors (Lipinski definition) is 4. The lowest BCUT2D eigenvalue weighted by Gasteiger charge is -2.29. The zero-order chi connectivity index (χ0) is 19.1. The van der Waals surface area contributed by atoms with Crippen molar-refractivity contribution in [1.82, 2.24) is 0 Å². The van der Waals surface area contributed by atoms with E-state index in [1.807, 2.05) is 0 Å². The number of rotatable bonds is 10. The standard InChI is InChI=1S/C20H38O4Si3/c1-26(2,11-9-15-5-7-17-19(13-15)21-17)23-25-24-27(3,4)12-10-16-6-8-18-20(14-16)22-18/h15-20H,5-14H2,1-4H3. The highest BCUT2D eigenvalue weighted by atomic mass is 28.4. The molecule has 2 aliphatic heterocycles. The van der Waals surface area contributed by atoms with Crippen LogP contribution in [0.25, 0.3) is 0 Å². The van der Waals surface area contributed by atoms with Crippen LogP contribution in [0, 0.1) is 11.8 Å². The lowest BCUT2D eigenvalue weighted by molar-refractivity contribution is 0.352. The zero-order valence-corrected chi connectivity index (χ0v) is 20.7. The first-order chi connectivity index (χ1) is 12.8. The van der Waals surface area contributed by atoms with Crippen molar-refractivity contribution in [1.29, 1.82) is 0 Å². The van der Waals surface area contributed by atoms with Gasteiger partial charge in [0.05, 0.1) is 24.4 Å². The van der Waals surface area contributed by atoms with Gasteiger partial charge >= 0.3 is 10.0 Å². The van der Waals surface area contributed by atoms with E-state index >= 15 is 0 Å². The van der Waals surface area contributed by atoms with Gasteiger partial charge in [0.2, 0.25) is 0 Å². The fourth-order valence-corrected chi connectivity index (χ4v) is 10.3. The van der Waals surface area contributed by atoms with Gasteiger partial charge in [-0.05, 0) is 88.6 Å². The minimum atomic E-state index is -1.60. The van der Waals surface area contributed by atoms with Crippen molar-refractivity contribution in [3.05, 3.63) is 0 Å². The molecule has 4 nitrogen and oxygen atoms in total. The average molecular weight is 427 g/mol. The summed E-state index contributed by atoms with van der Waals surface area (Å²) in [5.74, 6) is 1.73. The van der Waals surface area contributed by atoms with Crippen LogP contribution in [0.5, 0.6) is 0 Å². The van der Waals surface area contributed by atoms with Crippen molar-refractivity contribution >= 4 is 26.6 Å². The third-order valence-electron chi connectivity index (χ3n) is 7.17. The molecule has 0 spiro atoms. The summed E-state index contributed by atoms with van der Waals surface area (Å²) < 4.78 is 24.0. The van der Waals surface area contributed by atoms with Crippen LogP contribution in [0.4, 0.5) is 0 Å². The lowest BCUT2D eigenvalue weighted by Crippen LogP contribution is -2.39. The second kappa shape index (κ2) is 8.32. The SMILES string of the molecule is C[Si](C)(CCC1CCC2OC2C1)O[Si]O[Si](C)(C)CCC1CCC2OC2C1. The van der Waals surface area contributed by atoms with Gasteiger partial charge in [0.15, 0.2) is 16.6 Å². The molecule has 6 unspecified atom stereocenters. The van der Waals surface area contributed by atoms with Crippen molar-refractivity contribution in [3.8, 4) is 0 Å². The summed E-state index contributed by atoms with van der Waals surface area (Å²) in [6, 6.07) is 2.52. The van der Waals surface area contributed by atoms with Crippen LogP contribution in [-0.2, 0) is 17.7 Å². The molecule has 0 aromatic carbocycles. The predicted molar refractivity (Wildman–Crippen MR) is 114 cm³/mol. The number of epoxide rings is 2. The Morgan fingerprint density at radius 3 is 1.56 bits per heavy atom. The van der Waals surface area contributed by atoms with Gasteiger partial charge in [-0.2, -0.15) is 0 Å². The summed E-state index contributed by atoms with van der Waals surface area (Å²) in [5, 5.41) is 0. The lowest BCUT2D eigenvalue weighted by atomic mass is 9.88. The van der Waals surface area contributed by atoms with Crippen molar-refractivity contribution in [2.45, 2.75) is 114 Å². The highest BCUT2D eigenvalue weighted by Crippen LogP contribution is 2.42. The fourth-order valence-electron chi connectivity index (χ4n) is 4.95. The van der Waals surface area contributed by atoms with E-state index in [4.69, 9.17) is 17.7 Å². The van der Waals surface area contributed by atoms with Crippen LogP contribution < -0.4 is 0 Å². The molecule has 2 saturated heterocycles. The molecule has 27 heavy (non-hydrogen) atoms. The van der Waals surface area contributed by atoms with Crippen LogP contribution in [0.1, 0.15) is 51.4 Å². The van der Waals surface area contributed by atoms with Gasteiger partial charge < -0.3 is 17.7 Å². The summed E-state index contributed by atoms with van der Waals surface area (Å²) >= 11 is 0. The summed E-state index contributed by atoms with van der Waals surface area (Å²) in [5.41, 5.74) is 0. The highest BCUT2D eigenvalue weighted by molar-refractivity contribution is 6.78. The molecule has 4 aliphatic rings. The topological polar surface area (TPSA) is 43.5 Å². The Kier molecular flexibility index (Phi) is 6.39. The molecule has 2 radical (unpaired) electrons. The summed E-state index contributed by atoms with van der Waals surface area (Å²) in [4.78, 5) is 0. The highest BCUT2D eigenvalue weighted by Gasteiger charge is 2.45. The minimum absolute atomic E-state index is 0.254. The second-order valence-corrected chi connectivity index (χ2v) is 20.5. The molecule has 7 heteroatoms. The van der Waals surface area contributed by atoms with E-state index in [9.17, 15) is 0 Å². The van der Waals surface area contributed by atoms with E-state index in [0.29, 0.717) is 24.4 Å². The van der Waals surface area contributed by atoms with Gasteiger partial charge in [0.25, 0.3) is 0 Å². The third-order valence-corrected chi connectivity index (χ3v) is 15.2. The summed E-state index contributed by atoms with van der Waals surface area (Å²) in [6.07, 6.45) is 13.0. The molecular weight excluding hydrogens is 388 g/mol. The molecule has 0 bridgehead atoms. The quantitative estimate of drug-likeness (QED) is 0.369. The van der Waals surface area contributed by atoms with Crippen LogP contribution in [0.2, 0.25) is 38.3 Å². The van der Waals surface area contributed by atoms with Crippen molar-refractivity contribution in [3.63, 3.8) is 0 Å². The van der Waals surface area contributed by atoms with Crippen LogP contribution in [0.15, 0.2) is 0 Å². The van der Waals surface area contributed by atoms with Gasteiger partial charge in [-0.1, -0.05) is 12.8 Å². The molecule has 0 N–H and O–H groups in total. The average Bonchev–Trinajstić information content (AvgIpc) is 3.51. The van der Waals surface area contributed by atoms with E-state index in [2.05, 4.69) is 26.2 Å². The van der Waals surface area contributed by atoms with Crippen molar-refractivity contribution < 1.29 is 17.7 Å². The van der Waals surface area contributed by atoms with Gasteiger partial charge in [-0.25, -0.2) is 0 Å². The molecular formula is C20H38O4Si3. The first kappa shape index (κ1) is 20.8. The smallest absolute Gasteiger partial charge is 0.410 e. The van der Waals surface area contributed by atoms with Gasteiger partial charge in [-0.15, -0.1) is 0 Å². The van der Waals surface area contributed by atoms with Gasteiger partial charge in [0.1, 0.15) is 0 Å². The maximum atomic E-state index is 6.34. The number of hydrogen-bond donors (Lipinski definition) is 0. The summed E-state index contributed by atoms with van der Waals surface area (Å²) in [7, 11) is -2.95. The number of fused-ring (bicyclic) bond motifs is 2. The Morgan fingerprint density at radius 2 is 1.15 bits per heavy atom. The maximum Gasteiger partial charge on any atom is 0.410 e.